The maximum Gasteiger partial charge on any atom is 0.295 e. The molecule has 33 heavy (non-hydrogen) atoms. The van der Waals surface area contributed by atoms with Gasteiger partial charge >= 0.3 is 0 Å². The van der Waals surface area contributed by atoms with Gasteiger partial charge in [0, 0.05) is 18.5 Å². The maximum atomic E-state index is 13.5. The van der Waals surface area contributed by atoms with Gasteiger partial charge in [-0.3, -0.25) is 9.59 Å². The number of nitrogens with zero attached hydrogens (tertiary/aromatic N) is 1. The number of likely N-dealkylation sites (tertiary alicyclic amines) is 1. The molecule has 1 atom stereocenters. The van der Waals surface area contributed by atoms with Crippen molar-refractivity contribution in [2.45, 2.75) is 19.4 Å². The summed E-state index contributed by atoms with van der Waals surface area (Å²) in [5.74, 6) is -1.05. The van der Waals surface area contributed by atoms with Crippen LogP contribution in [0.25, 0.3) is 5.76 Å². The summed E-state index contributed by atoms with van der Waals surface area (Å²) in [6.45, 7) is 6.55. The van der Waals surface area contributed by atoms with Crippen LogP contribution in [0.4, 0.5) is 0 Å². The van der Waals surface area contributed by atoms with Crippen LogP contribution >= 0.6 is 0 Å². The van der Waals surface area contributed by atoms with E-state index in [4.69, 9.17) is 9.47 Å². The average molecular weight is 451 g/mol. The van der Waals surface area contributed by atoms with Crippen molar-refractivity contribution >= 4 is 17.4 Å². The standard InChI is InChI=1S/C26H30N2O5/c1-18-17-20(9-10-21(18)32-2)24(29)22-23(19-7-4-3-5-8-19)28(26(31)25(22)30)12-6-11-27-13-15-33-16-14-27/h3-5,7-10,17,23,29H,6,11-16H2,1-2H3. The number of carbonyl (C=O) groups excluding carboxylic acids is 2. The largest absolute Gasteiger partial charge is 0.872 e. The van der Waals surface area contributed by atoms with Gasteiger partial charge in [0.2, 0.25) is 5.78 Å². The lowest BCUT2D eigenvalue weighted by Crippen LogP contribution is -3.14. The van der Waals surface area contributed by atoms with Gasteiger partial charge in [0.25, 0.3) is 5.91 Å². The fraction of sp³-hybridized carbons (Fsp3) is 0.385. The second-order valence-electron chi connectivity index (χ2n) is 8.53. The van der Waals surface area contributed by atoms with Crippen LogP contribution in [-0.2, 0) is 14.3 Å². The predicted molar refractivity (Wildman–Crippen MR) is 122 cm³/mol. The van der Waals surface area contributed by atoms with Crippen LogP contribution in [0.15, 0.2) is 54.1 Å². The SMILES string of the molecule is COc1ccc(C([O-])=C2C(=O)C(=O)N(CCC[NH+]3CCOCC3)C2c2ccccc2)cc1C. The number of hydrogen-bond donors (Lipinski definition) is 1. The first kappa shape index (κ1) is 23.0. The molecule has 1 N–H and O–H groups in total. The molecule has 174 valence electrons. The minimum Gasteiger partial charge on any atom is -0.872 e. The summed E-state index contributed by atoms with van der Waals surface area (Å²) in [6.07, 6.45) is 0.751. The molecular weight excluding hydrogens is 420 g/mol. The number of Topliss-reactive ketones (excluding diaryl/α,β-unsaturated/α-hetero) is 1. The van der Waals surface area contributed by atoms with E-state index in [0.717, 1.165) is 50.4 Å². The zero-order valence-electron chi connectivity index (χ0n) is 19.1. The van der Waals surface area contributed by atoms with Crippen molar-refractivity contribution in [3.8, 4) is 5.75 Å². The zero-order valence-corrected chi connectivity index (χ0v) is 19.1. The predicted octanol–water partition coefficient (Wildman–Crippen LogP) is 0.533. The number of nitrogens with one attached hydrogen (secondary N) is 1. The zero-order chi connectivity index (χ0) is 23.4. The second-order valence-corrected chi connectivity index (χ2v) is 8.53. The molecule has 7 nitrogen and oxygen atoms in total. The Bertz CT molecular complexity index is 1040. The van der Waals surface area contributed by atoms with Crippen LogP contribution in [0.3, 0.4) is 0 Å². The lowest BCUT2D eigenvalue weighted by atomic mass is 9.95. The number of morpholine rings is 1. The highest BCUT2D eigenvalue weighted by Gasteiger charge is 2.43. The van der Waals surface area contributed by atoms with Gasteiger partial charge in [-0.15, -0.1) is 0 Å². The van der Waals surface area contributed by atoms with E-state index in [1.54, 1.807) is 30.2 Å². The molecule has 2 saturated heterocycles. The fourth-order valence-corrected chi connectivity index (χ4v) is 4.67. The topological polar surface area (TPSA) is 83.3 Å². The summed E-state index contributed by atoms with van der Waals surface area (Å²) in [5.41, 5.74) is 1.96. The molecule has 4 rings (SSSR count). The molecule has 0 aromatic heterocycles. The normalized spacial score (nSPS) is 20.9. The summed E-state index contributed by atoms with van der Waals surface area (Å²) >= 11 is 0. The Balaban J connectivity index is 1.66. The number of quaternary nitrogens is 1. The number of aryl methyl sites for hydroxylation is 1. The van der Waals surface area contributed by atoms with Crippen LogP contribution in [0.5, 0.6) is 5.75 Å². The third kappa shape index (κ3) is 4.79. The van der Waals surface area contributed by atoms with Gasteiger partial charge in [0.15, 0.2) is 0 Å². The van der Waals surface area contributed by atoms with Gasteiger partial charge in [-0.25, -0.2) is 0 Å². The third-order valence-corrected chi connectivity index (χ3v) is 6.43. The molecule has 0 spiro atoms. The monoisotopic (exact) mass is 450 g/mol. The van der Waals surface area contributed by atoms with Gasteiger partial charge in [0.1, 0.15) is 18.8 Å². The van der Waals surface area contributed by atoms with Crippen molar-refractivity contribution in [2.24, 2.45) is 0 Å². The Labute approximate surface area is 194 Å². The van der Waals surface area contributed by atoms with E-state index in [0.29, 0.717) is 17.9 Å². The number of amides is 1. The smallest absolute Gasteiger partial charge is 0.295 e. The number of ether oxygens (including phenoxy) is 2. The van der Waals surface area contributed by atoms with E-state index >= 15 is 0 Å². The third-order valence-electron chi connectivity index (χ3n) is 6.43. The number of methoxy groups -OCH3 is 1. The average Bonchev–Trinajstić information content (AvgIpc) is 3.10. The number of hydrogen-bond acceptors (Lipinski definition) is 5. The fourth-order valence-electron chi connectivity index (χ4n) is 4.67. The number of benzene rings is 2. The van der Waals surface area contributed by atoms with E-state index in [9.17, 15) is 14.7 Å². The molecule has 2 aromatic rings. The quantitative estimate of drug-likeness (QED) is 0.378. The van der Waals surface area contributed by atoms with E-state index in [-0.39, 0.29) is 5.57 Å². The van der Waals surface area contributed by atoms with Crippen molar-refractivity contribution in [3.63, 3.8) is 0 Å². The Morgan fingerprint density at radius 1 is 1.15 bits per heavy atom. The molecular formula is C26H30N2O5. The lowest BCUT2D eigenvalue weighted by molar-refractivity contribution is -0.908. The first-order valence-corrected chi connectivity index (χ1v) is 11.4. The maximum absolute atomic E-state index is 13.5. The highest BCUT2D eigenvalue weighted by atomic mass is 16.5. The minimum absolute atomic E-state index is 0.0227. The van der Waals surface area contributed by atoms with E-state index in [1.807, 2.05) is 37.3 Å². The Hall–Kier alpha value is -3.16. The molecule has 0 aliphatic carbocycles. The van der Waals surface area contributed by atoms with Crippen molar-refractivity contribution in [3.05, 3.63) is 70.8 Å². The molecule has 2 heterocycles. The number of ketones is 1. The van der Waals surface area contributed by atoms with Crippen molar-refractivity contribution in [2.75, 3.05) is 46.5 Å². The lowest BCUT2D eigenvalue weighted by Gasteiger charge is -2.29. The van der Waals surface area contributed by atoms with Crippen LogP contribution in [0.1, 0.15) is 29.2 Å². The first-order valence-electron chi connectivity index (χ1n) is 11.4. The van der Waals surface area contributed by atoms with Gasteiger partial charge in [-0.2, -0.15) is 0 Å². The summed E-state index contributed by atoms with van der Waals surface area (Å²) in [4.78, 5) is 29.1. The van der Waals surface area contributed by atoms with E-state index < -0.39 is 23.5 Å². The molecule has 1 amide bonds. The van der Waals surface area contributed by atoms with Gasteiger partial charge in [-0.1, -0.05) is 42.2 Å². The molecule has 2 fully saturated rings. The first-order chi connectivity index (χ1) is 16.0. The molecule has 2 aliphatic heterocycles. The molecule has 7 heteroatoms. The number of rotatable bonds is 7. The highest BCUT2D eigenvalue weighted by Crippen LogP contribution is 2.39. The van der Waals surface area contributed by atoms with Gasteiger partial charge < -0.3 is 24.4 Å². The van der Waals surface area contributed by atoms with Gasteiger partial charge in [-0.05, 0) is 35.7 Å². The molecule has 0 bridgehead atoms. The van der Waals surface area contributed by atoms with Gasteiger partial charge in [0.05, 0.1) is 32.9 Å². The van der Waals surface area contributed by atoms with Crippen molar-refractivity contribution in [1.82, 2.24) is 4.90 Å². The summed E-state index contributed by atoms with van der Waals surface area (Å²) in [5, 5.41) is 13.5. The Morgan fingerprint density at radius 3 is 2.55 bits per heavy atom. The minimum atomic E-state index is -0.707. The molecule has 2 aliphatic rings. The second kappa shape index (κ2) is 10.2. The van der Waals surface area contributed by atoms with Crippen molar-refractivity contribution in [1.29, 1.82) is 0 Å². The van der Waals surface area contributed by atoms with E-state index in [2.05, 4.69) is 0 Å². The number of carbonyl (C=O) groups is 2. The van der Waals surface area contributed by atoms with E-state index in [1.165, 1.54) is 4.90 Å². The summed E-state index contributed by atoms with van der Waals surface area (Å²) in [6, 6.07) is 13.7. The Kier molecular flexibility index (Phi) is 7.11. The van der Waals surface area contributed by atoms with Crippen LogP contribution < -0.4 is 14.7 Å². The highest BCUT2D eigenvalue weighted by molar-refractivity contribution is 6.46. The molecule has 0 radical (unpaired) electrons. The summed E-state index contributed by atoms with van der Waals surface area (Å²) < 4.78 is 10.7. The molecule has 2 aromatic carbocycles. The van der Waals surface area contributed by atoms with Crippen LogP contribution in [0, 0.1) is 6.92 Å². The summed E-state index contributed by atoms with van der Waals surface area (Å²) in [7, 11) is 1.57. The Morgan fingerprint density at radius 2 is 1.88 bits per heavy atom. The van der Waals surface area contributed by atoms with Crippen molar-refractivity contribution < 1.29 is 29.1 Å². The molecule has 0 saturated carbocycles. The van der Waals surface area contributed by atoms with Crippen LogP contribution in [-0.4, -0.2) is 63.1 Å². The van der Waals surface area contributed by atoms with Crippen LogP contribution in [0.2, 0.25) is 0 Å². The molecule has 1 unspecified atom stereocenters.